The largest absolute Gasteiger partial charge is 0.369 e. The molecule has 166 valence electrons. The average Bonchev–Trinajstić information content (AvgIpc) is 2.80. The number of carbonyl (C=O) groups is 1. The SMILES string of the molecule is CCNC(=O)Nc1ccc(-c2cnc3nc2NCCCNS(=O)c2cccc(c2)N3)cc1. The lowest BCUT2D eigenvalue weighted by Crippen LogP contribution is -2.28. The standard InChI is InChI=1S/C22H25N7O2S/c1-2-23-22(30)28-16-9-7-15(8-10-16)19-14-25-21-27-17-5-3-6-18(13-17)32(31)26-12-4-11-24-20(19)29-21/h3,5-10,13-14,26H,2,4,11-12H2,1H3,(H2,23,28,30)(H2,24,25,27,29). The second-order valence-electron chi connectivity index (χ2n) is 7.11. The van der Waals surface area contributed by atoms with Crippen LogP contribution in [0.1, 0.15) is 13.3 Å². The number of benzene rings is 2. The number of nitrogens with one attached hydrogen (secondary N) is 5. The van der Waals surface area contributed by atoms with Crippen molar-refractivity contribution in [3.8, 4) is 11.1 Å². The van der Waals surface area contributed by atoms with E-state index in [4.69, 9.17) is 0 Å². The predicted molar refractivity (Wildman–Crippen MR) is 127 cm³/mol. The summed E-state index contributed by atoms with van der Waals surface area (Å²) in [5, 5.41) is 12.0. The monoisotopic (exact) mass is 451 g/mol. The number of aromatic nitrogens is 2. The molecule has 2 heterocycles. The van der Waals surface area contributed by atoms with Crippen LogP contribution in [0, 0.1) is 0 Å². The van der Waals surface area contributed by atoms with Gasteiger partial charge < -0.3 is 21.3 Å². The first-order chi connectivity index (χ1) is 15.6. The molecular formula is C22H25N7O2S. The van der Waals surface area contributed by atoms with Crippen LogP contribution < -0.4 is 26.0 Å². The maximum Gasteiger partial charge on any atom is 0.319 e. The van der Waals surface area contributed by atoms with Gasteiger partial charge in [-0.15, -0.1) is 0 Å². The smallest absolute Gasteiger partial charge is 0.319 e. The van der Waals surface area contributed by atoms with Gasteiger partial charge in [0.25, 0.3) is 0 Å². The van der Waals surface area contributed by atoms with Crippen molar-refractivity contribution in [1.29, 1.82) is 0 Å². The van der Waals surface area contributed by atoms with Gasteiger partial charge in [0, 0.05) is 42.8 Å². The Bertz CT molecular complexity index is 1120. The van der Waals surface area contributed by atoms with Crippen LogP contribution in [0.2, 0.25) is 0 Å². The van der Waals surface area contributed by atoms with Gasteiger partial charge in [-0.25, -0.2) is 18.7 Å². The Morgan fingerprint density at radius 1 is 1.16 bits per heavy atom. The van der Waals surface area contributed by atoms with Crippen molar-refractivity contribution >= 4 is 40.2 Å². The number of fused-ring (bicyclic) bond motifs is 4. The first-order valence-electron chi connectivity index (χ1n) is 10.4. The first-order valence-corrected chi connectivity index (χ1v) is 11.6. The maximum absolute atomic E-state index is 12.4. The highest BCUT2D eigenvalue weighted by Gasteiger charge is 2.12. The molecule has 2 amide bonds. The molecule has 1 unspecified atom stereocenters. The summed E-state index contributed by atoms with van der Waals surface area (Å²) in [7, 11) is -1.27. The maximum atomic E-state index is 12.4. The fourth-order valence-electron chi connectivity index (χ4n) is 3.22. The van der Waals surface area contributed by atoms with E-state index in [-0.39, 0.29) is 6.03 Å². The fourth-order valence-corrected chi connectivity index (χ4v) is 4.15. The molecule has 0 spiro atoms. The molecule has 2 aromatic carbocycles. The fraction of sp³-hybridized carbons (Fsp3) is 0.227. The van der Waals surface area contributed by atoms with Gasteiger partial charge in [-0.3, -0.25) is 0 Å². The van der Waals surface area contributed by atoms with Crippen molar-refractivity contribution in [2.24, 2.45) is 0 Å². The van der Waals surface area contributed by atoms with Crippen LogP contribution in [-0.2, 0) is 11.0 Å². The lowest BCUT2D eigenvalue weighted by molar-refractivity contribution is 0.252. The number of urea groups is 1. The number of rotatable bonds is 3. The Morgan fingerprint density at radius 2 is 2.00 bits per heavy atom. The third-order valence-corrected chi connectivity index (χ3v) is 5.91. The molecule has 1 aliphatic heterocycles. The van der Waals surface area contributed by atoms with E-state index in [1.54, 1.807) is 6.20 Å². The quantitative estimate of drug-likeness (QED) is 0.416. The van der Waals surface area contributed by atoms with Gasteiger partial charge in [-0.05, 0) is 49.2 Å². The normalized spacial score (nSPS) is 15.7. The predicted octanol–water partition coefficient (Wildman–Crippen LogP) is 3.46. The molecule has 10 heteroatoms. The first kappa shape index (κ1) is 21.7. The lowest BCUT2D eigenvalue weighted by atomic mass is 10.1. The summed E-state index contributed by atoms with van der Waals surface area (Å²) in [5.41, 5.74) is 3.23. The molecule has 4 rings (SSSR count). The minimum atomic E-state index is -1.27. The van der Waals surface area contributed by atoms with Crippen LogP contribution in [0.3, 0.4) is 0 Å². The Labute approximate surface area is 189 Å². The van der Waals surface area contributed by atoms with Gasteiger partial charge in [0.05, 0.1) is 4.90 Å². The minimum absolute atomic E-state index is 0.239. The zero-order chi connectivity index (χ0) is 22.3. The minimum Gasteiger partial charge on any atom is -0.369 e. The Kier molecular flexibility index (Phi) is 6.93. The van der Waals surface area contributed by atoms with Gasteiger partial charge in [0.15, 0.2) is 0 Å². The van der Waals surface area contributed by atoms with Gasteiger partial charge in [0.2, 0.25) is 5.95 Å². The van der Waals surface area contributed by atoms with E-state index in [0.717, 1.165) is 23.2 Å². The van der Waals surface area contributed by atoms with Crippen LogP contribution in [0.5, 0.6) is 0 Å². The second-order valence-corrected chi connectivity index (χ2v) is 8.41. The van der Waals surface area contributed by atoms with Crippen molar-refractivity contribution < 1.29 is 9.00 Å². The van der Waals surface area contributed by atoms with E-state index in [1.807, 2.05) is 55.5 Å². The zero-order valence-corrected chi connectivity index (χ0v) is 18.5. The summed E-state index contributed by atoms with van der Waals surface area (Å²) in [6.07, 6.45) is 2.54. The van der Waals surface area contributed by atoms with Crippen LogP contribution >= 0.6 is 0 Å². The highest BCUT2D eigenvalue weighted by Crippen LogP contribution is 2.29. The lowest BCUT2D eigenvalue weighted by Gasteiger charge is -2.13. The van der Waals surface area contributed by atoms with E-state index >= 15 is 0 Å². The van der Waals surface area contributed by atoms with E-state index in [9.17, 15) is 9.00 Å². The number of nitrogens with zero attached hydrogens (tertiary/aromatic N) is 2. The topological polar surface area (TPSA) is 120 Å². The van der Waals surface area contributed by atoms with Crippen LogP contribution in [0.4, 0.5) is 27.9 Å². The van der Waals surface area contributed by atoms with Crippen molar-refractivity contribution in [1.82, 2.24) is 20.0 Å². The summed E-state index contributed by atoms with van der Waals surface area (Å²) in [6, 6.07) is 14.7. The van der Waals surface area contributed by atoms with Crippen LogP contribution in [-0.4, -0.2) is 39.8 Å². The zero-order valence-electron chi connectivity index (χ0n) is 17.6. The van der Waals surface area contributed by atoms with Crippen molar-refractivity contribution in [2.45, 2.75) is 18.2 Å². The molecule has 0 aliphatic carbocycles. The summed E-state index contributed by atoms with van der Waals surface area (Å²) < 4.78 is 15.5. The van der Waals surface area contributed by atoms with Crippen LogP contribution in [0.15, 0.2) is 59.6 Å². The van der Waals surface area contributed by atoms with Crippen molar-refractivity contribution in [3.05, 3.63) is 54.7 Å². The van der Waals surface area contributed by atoms with E-state index in [1.165, 1.54) is 0 Å². The van der Waals surface area contributed by atoms with E-state index < -0.39 is 11.0 Å². The molecule has 0 saturated carbocycles. The molecule has 9 nitrogen and oxygen atoms in total. The molecule has 1 aliphatic rings. The Balaban J connectivity index is 1.60. The summed E-state index contributed by atoms with van der Waals surface area (Å²) >= 11 is 0. The summed E-state index contributed by atoms with van der Waals surface area (Å²) in [5.74, 6) is 1.14. The number of amides is 2. The summed E-state index contributed by atoms with van der Waals surface area (Å²) in [6.45, 7) is 3.69. The molecule has 32 heavy (non-hydrogen) atoms. The summed E-state index contributed by atoms with van der Waals surface area (Å²) in [4.78, 5) is 21.6. The Morgan fingerprint density at radius 3 is 2.81 bits per heavy atom. The molecule has 5 N–H and O–H groups in total. The molecule has 1 atom stereocenters. The van der Waals surface area contributed by atoms with Gasteiger partial charge in [-0.1, -0.05) is 18.2 Å². The average molecular weight is 452 g/mol. The van der Waals surface area contributed by atoms with Crippen molar-refractivity contribution in [3.63, 3.8) is 0 Å². The van der Waals surface area contributed by atoms with Crippen LogP contribution in [0.25, 0.3) is 11.1 Å². The van der Waals surface area contributed by atoms with E-state index in [0.29, 0.717) is 42.0 Å². The molecule has 0 fully saturated rings. The highest BCUT2D eigenvalue weighted by molar-refractivity contribution is 7.83. The number of hydrogen-bond acceptors (Lipinski definition) is 6. The molecule has 0 radical (unpaired) electrons. The van der Waals surface area contributed by atoms with Gasteiger partial charge in [0.1, 0.15) is 16.8 Å². The number of anilines is 4. The third kappa shape index (κ3) is 5.40. The van der Waals surface area contributed by atoms with E-state index in [2.05, 4.69) is 36.0 Å². The Hall–Kier alpha value is -3.50. The molecule has 4 bridgehead atoms. The second kappa shape index (κ2) is 10.2. The van der Waals surface area contributed by atoms with Gasteiger partial charge >= 0.3 is 6.03 Å². The molecule has 0 saturated heterocycles. The third-order valence-electron chi connectivity index (χ3n) is 4.76. The molecular weight excluding hydrogens is 426 g/mol. The van der Waals surface area contributed by atoms with Gasteiger partial charge in [-0.2, -0.15) is 4.98 Å². The molecule has 1 aromatic heterocycles. The highest BCUT2D eigenvalue weighted by atomic mass is 32.2. The van der Waals surface area contributed by atoms with Crippen molar-refractivity contribution in [2.75, 3.05) is 35.6 Å². The molecule has 3 aromatic rings. The number of carbonyl (C=O) groups excluding carboxylic acids is 1. The number of hydrogen-bond donors (Lipinski definition) is 5.